The van der Waals surface area contributed by atoms with Crippen molar-refractivity contribution in [3.05, 3.63) is 0 Å². The minimum atomic E-state index is -0.323. The van der Waals surface area contributed by atoms with E-state index in [0.717, 1.165) is 19.3 Å². The highest BCUT2D eigenvalue weighted by Crippen LogP contribution is 2.18. The Kier molecular flexibility index (Phi) is 4.75. The third-order valence-electron chi connectivity index (χ3n) is 2.71. The Labute approximate surface area is 90.6 Å². The first-order valence-electron chi connectivity index (χ1n) is 5.53. The Balaban J connectivity index is 2.54. The summed E-state index contributed by atoms with van der Waals surface area (Å²) in [6, 6.07) is 0.100. The summed E-state index contributed by atoms with van der Waals surface area (Å²) in [5, 5.41) is 0. The van der Waals surface area contributed by atoms with Gasteiger partial charge in [-0.15, -0.1) is 0 Å². The van der Waals surface area contributed by atoms with Gasteiger partial charge in [0, 0.05) is 20.1 Å². The van der Waals surface area contributed by atoms with Crippen LogP contribution in [0.4, 0.5) is 0 Å². The number of carbonyl (C=O) groups excluding carboxylic acids is 2. The van der Waals surface area contributed by atoms with Gasteiger partial charge in [0.1, 0.15) is 0 Å². The molecule has 4 nitrogen and oxygen atoms in total. The van der Waals surface area contributed by atoms with Crippen molar-refractivity contribution in [1.29, 1.82) is 0 Å². The Morgan fingerprint density at radius 2 is 2.20 bits per heavy atom. The van der Waals surface area contributed by atoms with E-state index in [1.165, 1.54) is 0 Å². The highest BCUT2D eigenvalue weighted by Gasteiger charge is 2.31. The zero-order valence-corrected chi connectivity index (χ0v) is 9.49. The molecule has 1 amide bonds. The van der Waals surface area contributed by atoms with Crippen molar-refractivity contribution < 1.29 is 14.3 Å². The molecule has 0 aromatic rings. The zero-order valence-electron chi connectivity index (χ0n) is 9.49. The van der Waals surface area contributed by atoms with E-state index in [4.69, 9.17) is 4.74 Å². The molecule has 0 N–H and O–H groups in total. The van der Waals surface area contributed by atoms with Gasteiger partial charge in [-0.25, -0.2) is 0 Å². The van der Waals surface area contributed by atoms with Crippen molar-refractivity contribution in [2.24, 2.45) is 0 Å². The van der Waals surface area contributed by atoms with Gasteiger partial charge in [-0.05, 0) is 19.3 Å². The molecule has 0 aromatic heterocycles. The molecular weight excluding hydrogens is 194 g/mol. The van der Waals surface area contributed by atoms with Crippen LogP contribution in [0.5, 0.6) is 0 Å². The second-order valence-electron chi connectivity index (χ2n) is 3.92. The minimum Gasteiger partial charge on any atom is -0.383 e. The van der Waals surface area contributed by atoms with Crippen LogP contribution in [0, 0.1) is 0 Å². The van der Waals surface area contributed by atoms with E-state index in [2.05, 4.69) is 0 Å². The van der Waals surface area contributed by atoms with Crippen LogP contribution in [0.15, 0.2) is 0 Å². The molecule has 0 radical (unpaired) electrons. The van der Waals surface area contributed by atoms with Gasteiger partial charge >= 0.3 is 0 Å². The van der Waals surface area contributed by atoms with E-state index in [-0.39, 0.29) is 17.7 Å². The predicted octanol–water partition coefficient (Wildman–Crippen LogP) is 0.993. The zero-order chi connectivity index (χ0) is 11.3. The molecule has 1 heterocycles. The molecule has 1 aliphatic heterocycles. The van der Waals surface area contributed by atoms with Crippen molar-refractivity contribution in [3.8, 4) is 0 Å². The number of hydrogen-bond acceptors (Lipinski definition) is 3. The third-order valence-corrected chi connectivity index (χ3v) is 2.71. The van der Waals surface area contributed by atoms with E-state index in [0.29, 0.717) is 19.6 Å². The third kappa shape index (κ3) is 3.02. The van der Waals surface area contributed by atoms with Gasteiger partial charge in [0.25, 0.3) is 5.91 Å². The molecule has 1 atom stereocenters. The number of methoxy groups -OCH3 is 1. The molecule has 0 aliphatic carbocycles. The lowest BCUT2D eigenvalue weighted by Crippen LogP contribution is -2.41. The van der Waals surface area contributed by atoms with Gasteiger partial charge in [-0.3, -0.25) is 9.59 Å². The summed E-state index contributed by atoms with van der Waals surface area (Å²) in [4.78, 5) is 24.9. The van der Waals surface area contributed by atoms with Gasteiger partial charge in [-0.2, -0.15) is 0 Å². The van der Waals surface area contributed by atoms with Crippen LogP contribution in [0.2, 0.25) is 0 Å². The summed E-state index contributed by atoms with van der Waals surface area (Å²) in [7, 11) is 1.62. The lowest BCUT2D eigenvalue weighted by atomic mass is 10.2. The Bertz CT molecular complexity index is 240. The Hall–Kier alpha value is -0.900. The minimum absolute atomic E-state index is 0.100. The second-order valence-corrected chi connectivity index (χ2v) is 3.92. The number of ketones is 1. The number of ether oxygens (including phenoxy) is 1. The number of carbonyl (C=O) groups is 2. The maximum absolute atomic E-state index is 11.7. The Morgan fingerprint density at radius 3 is 2.80 bits per heavy atom. The monoisotopic (exact) mass is 213 g/mol. The quantitative estimate of drug-likeness (QED) is 0.640. The highest BCUT2D eigenvalue weighted by atomic mass is 16.5. The van der Waals surface area contributed by atoms with E-state index < -0.39 is 0 Å². The van der Waals surface area contributed by atoms with E-state index >= 15 is 0 Å². The Morgan fingerprint density at radius 1 is 1.47 bits per heavy atom. The fourth-order valence-corrected chi connectivity index (χ4v) is 1.96. The van der Waals surface area contributed by atoms with Crippen molar-refractivity contribution in [2.45, 2.75) is 38.6 Å². The summed E-state index contributed by atoms with van der Waals surface area (Å²) in [6.45, 7) is 3.13. The molecule has 1 rings (SSSR count). The first-order valence-corrected chi connectivity index (χ1v) is 5.53. The van der Waals surface area contributed by atoms with Crippen molar-refractivity contribution in [2.75, 3.05) is 20.3 Å². The maximum atomic E-state index is 11.7. The van der Waals surface area contributed by atoms with E-state index in [9.17, 15) is 9.59 Å². The first kappa shape index (κ1) is 12.2. The van der Waals surface area contributed by atoms with Crippen molar-refractivity contribution >= 4 is 11.7 Å². The number of nitrogens with zero attached hydrogens (tertiary/aromatic N) is 1. The molecule has 15 heavy (non-hydrogen) atoms. The van der Waals surface area contributed by atoms with Crippen molar-refractivity contribution in [3.63, 3.8) is 0 Å². The van der Waals surface area contributed by atoms with Gasteiger partial charge in [0.05, 0.1) is 12.6 Å². The van der Waals surface area contributed by atoms with Crippen molar-refractivity contribution in [1.82, 2.24) is 4.90 Å². The molecule has 0 aromatic carbocycles. The SMILES string of the molecule is CCCC(=O)C(=O)N1CCC[C@@H]1COC. The van der Waals surface area contributed by atoms with Crippen LogP contribution in [0.25, 0.3) is 0 Å². The summed E-state index contributed by atoms with van der Waals surface area (Å²) < 4.78 is 5.04. The fourth-order valence-electron chi connectivity index (χ4n) is 1.96. The first-order chi connectivity index (χ1) is 7.20. The van der Waals surface area contributed by atoms with E-state index in [1.54, 1.807) is 12.0 Å². The standard InChI is InChI=1S/C11H19NO3/c1-3-5-10(13)11(14)12-7-4-6-9(12)8-15-2/h9H,3-8H2,1-2H3/t9-/m1/s1. The molecule has 0 unspecified atom stereocenters. The van der Waals surface area contributed by atoms with E-state index in [1.807, 2.05) is 6.92 Å². The van der Waals surface area contributed by atoms with Crippen LogP contribution in [0.1, 0.15) is 32.6 Å². The summed E-state index contributed by atoms with van der Waals surface area (Å²) in [6.07, 6.45) is 3.00. The summed E-state index contributed by atoms with van der Waals surface area (Å²) in [5.74, 6) is -0.586. The number of amides is 1. The van der Waals surface area contributed by atoms with Gasteiger partial charge < -0.3 is 9.64 Å². The summed E-state index contributed by atoms with van der Waals surface area (Å²) in [5.41, 5.74) is 0. The number of likely N-dealkylation sites (tertiary alicyclic amines) is 1. The molecule has 1 fully saturated rings. The van der Waals surface area contributed by atoms with Crippen LogP contribution in [-0.4, -0.2) is 42.9 Å². The fraction of sp³-hybridized carbons (Fsp3) is 0.818. The second kappa shape index (κ2) is 5.85. The molecule has 0 bridgehead atoms. The van der Waals surface area contributed by atoms with Crippen LogP contribution in [0.3, 0.4) is 0 Å². The molecular formula is C11H19NO3. The molecule has 4 heteroatoms. The predicted molar refractivity (Wildman–Crippen MR) is 56.5 cm³/mol. The summed E-state index contributed by atoms with van der Waals surface area (Å²) >= 11 is 0. The molecule has 1 saturated heterocycles. The maximum Gasteiger partial charge on any atom is 0.290 e. The largest absolute Gasteiger partial charge is 0.383 e. The lowest BCUT2D eigenvalue weighted by Gasteiger charge is -2.23. The van der Waals surface area contributed by atoms with Gasteiger partial charge in [-0.1, -0.05) is 6.92 Å². The van der Waals surface area contributed by atoms with Crippen LogP contribution < -0.4 is 0 Å². The molecule has 0 saturated carbocycles. The average Bonchev–Trinajstić information content (AvgIpc) is 2.66. The molecule has 1 aliphatic rings. The molecule has 0 spiro atoms. The number of Topliss-reactive ketones (excluding diaryl/α,β-unsaturated/α-hetero) is 1. The topological polar surface area (TPSA) is 46.6 Å². The average molecular weight is 213 g/mol. The molecule has 86 valence electrons. The normalized spacial score (nSPS) is 20.7. The number of rotatable bonds is 5. The van der Waals surface area contributed by atoms with Crippen LogP contribution >= 0.6 is 0 Å². The number of hydrogen-bond donors (Lipinski definition) is 0. The van der Waals surface area contributed by atoms with Gasteiger partial charge in [0.15, 0.2) is 0 Å². The lowest BCUT2D eigenvalue weighted by molar-refractivity contribution is -0.145. The van der Waals surface area contributed by atoms with Crippen LogP contribution in [-0.2, 0) is 14.3 Å². The van der Waals surface area contributed by atoms with Gasteiger partial charge in [0.2, 0.25) is 5.78 Å². The smallest absolute Gasteiger partial charge is 0.290 e. The highest BCUT2D eigenvalue weighted by molar-refractivity contribution is 6.36.